The molecular formula is C23H26FN3O2. The van der Waals surface area contributed by atoms with E-state index >= 15 is 0 Å². The number of nitrogens with one attached hydrogen (secondary N) is 1. The van der Waals surface area contributed by atoms with Crippen molar-refractivity contribution in [2.45, 2.75) is 20.3 Å². The number of rotatable bonds is 8. The van der Waals surface area contributed by atoms with Crippen molar-refractivity contribution in [1.82, 2.24) is 5.32 Å². The summed E-state index contributed by atoms with van der Waals surface area (Å²) < 4.78 is 19.0. The van der Waals surface area contributed by atoms with E-state index in [2.05, 4.69) is 28.3 Å². The van der Waals surface area contributed by atoms with Crippen LogP contribution in [0.1, 0.15) is 23.6 Å². The maximum Gasteiger partial charge on any atom is 0.184 e. The summed E-state index contributed by atoms with van der Waals surface area (Å²) in [5, 5.41) is 6.23. The summed E-state index contributed by atoms with van der Waals surface area (Å²) in [6, 6.07) is 12.0. The summed E-state index contributed by atoms with van der Waals surface area (Å²) in [7, 11) is 1.55. The van der Waals surface area contributed by atoms with Crippen LogP contribution in [0.2, 0.25) is 0 Å². The van der Waals surface area contributed by atoms with Gasteiger partial charge in [0.1, 0.15) is 11.5 Å². The minimum atomic E-state index is -0.175. The Morgan fingerprint density at radius 1 is 1.24 bits per heavy atom. The van der Waals surface area contributed by atoms with Crippen molar-refractivity contribution in [3.8, 4) is 12.8 Å². The predicted molar refractivity (Wildman–Crippen MR) is 118 cm³/mol. The zero-order valence-electron chi connectivity index (χ0n) is 17.0. The molecule has 29 heavy (non-hydrogen) atoms. The van der Waals surface area contributed by atoms with Gasteiger partial charge >= 0.3 is 0 Å². The van der Waals surface area contributed by atoms with Crippen LogP contribution >= 0.6 is 0 Å². The molecule has 0 aromatic heterocycles. The fraction of sp³-hybridized carbons (Fsp3) is 0.261. The average molecular weight is 395 g/mol. The molecule has 0 heterocycles. The molecular weight excluding hydrogens is 369 g/mol. The van der Waals surface area contributed by atoms with Crippen molar-refractivity contribution >= 4 is 17.3 Å². The monoisotopic (exact) mass is 395 g/mol. The van der Waals surface area contributed by atoms with Gasteiger partial charge in [-0.15, -0.1) is 17.8 Å². The Morgan fingerprint density at radius 2 is 1.97 bits per heavy atom. The first-order valence-electron chi connectivity index (χ1n) is 9.06. The van der Waals surface area contributed by atoms with Crippen LogP contribution in [0.4, 0.5) is 10.1 Å². The van der Waals surface area contributed by atoms with Crippen molar-refractivity contribution in [3.63, 3.8) is 0 Å². The summed E-state index contributed by atoms with van der Waals surface area (Å²) in [6.45, 7) is 4.84. The van der Waals surface area contributed by atoms with Gasteiger partial charge in [0.05, 0.1) is 12.8 Å². The highest BCUT2D eigenvalue weighted by molar-refractivity contribution is 5.82. The number of benzene rings is 2. The lowest BCUT2D eigenvalue weighted by Crippen LogP contribution is -2.18. The van der Waals surface area contributed by atoms with Crippen LogP contribution in [-0.2, 0) is 11.2 Å². The molecule has 0 aliphatic rings. The van der Waals surface area contributed by atoms with Crippen molar-refractivity contribution < 1.29 is 9.13 Å². The van der Waals surface area contributed by atoms with Gasteiger partial charge in [-0.1, -0.05) is 24.3 Å². The molecule has 2 aromatic rings. The first-order chi connectivity index (χ1) is 14.0. The standard InChI is InChI=1S/C21H24FN3O2.C2H2/c1-15-6-4-9-20(22)19(15)10-12-23-13-11-21(24-16(2)27-3)17-7-5-8-18(14-17)25-26;1-2/h4-9,11,14,23H,10,12-13H2,1-3H3;1-2H/b21-11-,24-16?;. The second-order valence-corrected chi connectivity index (χ2v) is 6.06. The van der Waals surface area contributed by atoms with E-state index in [0.29, 0.717) is 36.8 Å². The number of hydrogen-bond donors (Lipinski definition) is 1. The lowest BCUT2D eigenvalue weighted by atomic mass is 10.1. The summed E-state index contributed by atoms with van der Waals surface area (Å²) in [5.74, 6) is 0.333. The second kappa shape index (κ2) is 13.0. The number of aryl methyl sites for hydroxylation is 1. The number of nitrogens with zero attached hydrogens (tertiary/aromatic N) is 2. The molecule has 0 saturated heterocycles. The van der Waals surface area contributed by atoms with Crippen LogP contribution in [0.3, 0.4) is 0 Å². The summed E-state index contributed by atoms with van der Waals surface area (Å²) in [5.41, 5.74) is 3.47. The van der Waals surface area contributed by atoms with Gasteiger partial charge in [-0.3, -0.25) is 0 Å². The van der Waals surface area contributed by atoms with E-state index in [-0.39, 0.29) is 5.82 Å². The van der Waals surface area contributed by atoms with Crippen LogP contribution in [0, 0.1) is 30.5 Å². The summed E-state index contributed by atoms with van der Waals surface area (Å²) >= 11 is 0. The largest absolute Gasteiger partial charge is 0.484 e. The van der Waals surface area contributed by atoms with Gasteiger partial charge in [0, 0.05) is 19.0 Å². The average Bonchev–Trinajstić information content (AvgIpc) is 2.75. The molecule has 0 unspecified atom stereocenters. The lowest BCUT2D eigenvalue weighted by molar-refractivity contribution is 0.400. The van der Waals surface area contributed by atoms with Gasteiger partial charge in [0.25, 0.3) is 0 Å². The van der Waals surface area contributed by atoms with E-state index in [0.717, 1.165) is 16.7 Å². The van der Waals surface area contributed by atoms with Crippen LogP contribution < -0.4 is 5.32 Å². The molecule has 152 valence electrons. The van der Waals surface area contributed by atoms with E-state index in [1.807, 2.05) is 25.1 Å². The predicted octanol–water partition coefficient (Wildman–Crippen LogP) is 5.02. The molecule has 0 aliphatic carbocycles. The first kappa shape index (κ1) is 23.7. The van der Waals surface area contributed by atoms with Crippen molar-refractivity contribution in [1.29, 1.82) is 0 Å². The van der Waals surface area contributed by atoms with Crippen LogP contribution in [0.15, 0.2) is 58.7 Å². The van der Waals surface area contributed by atoms with Gasteiger partial charge in [0.2, 0.25) is 0 Å². The number of nitroso groups, excluding NO2 is 1. The lowest BCUT2D eigenvalue weighted by Gasteiger charge is -2.08. The number of hydrogen-bond acceptors (Lipinski definition) is 5. The Hall–Kier alpha value is -3.30. The first-order valence-corrected chi connectivity index (χ1v) is 9.06. The highest BCUT2D eigenvalue weighted by Crippen LogP contribution is 2.21. The number of halogens is 1. The number of methoxy groups -OCH3 is 1. The molecule has 0 spiro atoms. The van der Waals surface area contributed by atoms with Gasteiger partial charge in [0.15, 0.2) is 5.90 Å². The Bertz CT molecular complexity index is 868. The van der Waals surface area contributed by atoms with E-state index in [1.54, 1.807) is 38.3 Å². The normalized spacial score (nSPS) is 11.4. The molecule has 0 aliphatic heterocycles. The Labute approximate surface area is 171 Å². The maximum absolute atomic E-state index is 13.9. The highest BCUT2D eigenvalue weighted by Gasteiger charge is 2.05. The van der Waals surface area contributed by atoms with Crippen molar-refractivity contribution in [2.24, 2.45) is 10.2 Å². The fourth-order valence-corrected chi connectivity index (χ4v) is 2.63. The topological polar surface area (TPSA) is 63.0 Å². The number of terminal acetylenes is 1. The minimum absolute atomic E-state index is 0.175. The fourth-order valence-electron chi connectivity index (χ4n) is 2.63. The molecule has 0 atom stereocenters. The molecule has 0 fully saturated rings. The molecule has 0 saturated carbocycles. The molecule has 0 radical (unpaired) electrons. The summed E-state index contributed by atoms with van der Waals surface area (Å²) in [4.78, 5) is 15.2. The van der Waals surface area contributed by atoms with Crippen LogP contribution in [0.25, 0.3) is 5.70 Å². The molecule has 5 nitrogen and oxygen atoms in total. The molecule has 0 amide bonds. The van der Waals surface area contributed by atoms with Crippen LogP contribution in [0.5, 0.6) is 0 Å². The zero-order chi connectivity index (χ0) is 21.6. The third-order valence-electron chi connectivity index (χ3n) is 4.17. The minimum Gasteiger partial charge on any atom is -0.484 e. The van der Waals surface area contributed by atoms with E-state index in [9.17, 15) is 9.30 Å². The quantitative estimate of drug-likeness (QED) is 0.224. The Balaban J connectivity index is 0.00000204. The van der Waals surface area contributed by atoms with Crippen molar-refractivity contribution in [3.05, 3.63) is 76.0 Å². The summed E-state index contributed by atoms with van der Waals surface area (Å²) in [6.07, 6.45) is 10.5. The highest BCUT2D eigenvalue weighted by atomic mass is 19.1. The maximum atomic E-state index is 13.9. The molecule has 2 aromatic carbocycles. The van der Waals surface area contributed by atoms with Gasteiger partial charge < -0.3 is 10.1 Å². The SMILES string of the molecule is C#C.COC(C)=N/C(=C\CNCCc1c(C)cccc1F)c1cccc(N=O)c1. The third kappa shape index (κ3) is 7.68. The number of ether oxygens (including phenoxy) is 1. The van der Waals surface area contributed by atoms with Crippen LogP contribution in [-0.4, -0.2) is 26.1 Å². The van der Waals surface area contributed by atoms with E-state index < -0.39 is 0 Å². The number of aliphatic imine (C=N–C) groups is 1. The van der Waals surface area contributed by atoms with Gasteiger partial charge in [-0.25, -0.2) is 9.38 Å². The van der Waals surface area contributed by atoms with E-state index in [1.165, 1.54) is 6.07 Å². The Kier molecular flexibility index (Phi) is 10.6. The molecule has 6 heteroatoms. The molecule has 0 bridgehead atoms. The second-order valence-electron chi connectivity index (χ2n) is 6.06. The molecule has 2 rings (SSSR count). The van der Waals surface area contributed by atoms with E-state index in [4.69, 9.17) is 4.74 Å². The Morgan fingerprint density at radius 3 is 2.62 bits per heavy atom. The van der Waals surface area contributed by atoms with Gasteiger partial charge in [-0.05, 0) is 60.5 Å². The van der Waals surface area contributed by atoms with Gasteiger partial charge in [-0.2, -0.15) is 0 Å². The zero-order valence-corrected chi connectivity index (χ0v) is 17.0. The van der Waals surface area contributed by atoms with Crippen molar-refractivity contribution in [2.75, 3.05) is 20.2 Å². The smallest absolute Gasteiger partial charge is 0.184 e. The molecule has 1 N–H and O–H groups in total. The third-order valence-corrected chi connectivity index (χ3v) is 4.17.